The van der Waals surface area contributed by atoms with Gasteiger partial charge in [-0.2, -0.15) is 4.98 Å². The number of nitrogens with one attached hydrogen (secondary N) is 1. The zero-order valence-corrected chi connectivity index (χ0v) is 10.0. The van der Waals surface area contributed by atoms with E-state index in [1.807, 2.05) is 0 Å². The number of halogens is 1. The zero-order chi connectivity index (χ0) is 12.7. The van der Waals surface area contributed by atoms with Crippen LogP contribution in [0.4, 0.5) is 0 Å². The lowest BCUT2D eigenvalue weighted by atomic mass is 10.3. The van der Waals surface area contributed by atoms with Crippen molar-refractivity contribution in [2.45, 2.75) is 6.92 Å². The lowest BCUT2D eigenvalue weighted by Gasteiger charge is -1.99. The Bertz CT molecular complexity index is 793. The van der Waals surface area contributed by atoms with Gasteiger partial charge in [0.15, 0.2) is 11.5 Å². The van der Waals surface area contributed by atoms with Gasteiger partial charge >= 0.3 is 0 Å². The minimum absolute atomic E-state index is 0.0883. The maximum absolute atomic E-state index is 11.8. The Morgan fingerprint density at radius 2 is 2.17 bits per heavy atom. The van der Waals surface area contributed by atoms with Crippen LogP contribution in [0.2, 0.25) is 5.02 Å². The van der Waals surface area contributed by atoms with E-state index in [1.165, 1.54) is 0 Å². The molecule has 90 valence electrons. The Balaban J connectivity index is 2.29. The molecule has 0 saturated heterocycles. The molecule has 2 aromatic heterocycles. The van der Waals surface area contributed by atoms with Crippen LogP contribution in [0.5, 0.6) is 0 Å². The van der Waals surface area contributed by atoms with Gasteiger partial charge in [-0.15, -0.1) is 0 Å². The summed E-state index contributed by atoms with van der Waals surface area (Å²) in [6.45, 7) is 1.67. The van der Waals surface area contributed by atoms with Crippen LogP contribution in [-0.4, -0.2) is 20.1 Å². The summed E-state index contributed by atoms with van der Waals surface area (Å²) >= 11 is 5.88. The highest BCUT2D eigenvalue weighted by molar-refractivity contribution is 6.31. The van der Waals surface area contributed by atoms with Crippen molar-refractivity contribution >= 4 is 22.6 Å². The smallest absolute Gasteiger partial charge is 0.282 e. The predicted molar refractivity (Wildman–Crippen MR) is 65.4 cm³/mol. The molecule has 0 atom stereocenters. The molecule has 0 bridgehead atoms. The van der Waals surface area contributed by atoms with Crippen LogP contribution in [0.25, 0.3) is 22.6 Å². The van der Waals surface area contributed by atoms with Crippen LogP contribution in [0, 0.1) is 6.92 Å². The van der Waals surface area contributed by atoms with Gasteiger partial charge in [-0.3, -0.25) is 4.79 Å². The lowest BCUT2D eigenvalue weighted by molar-refractivity contribution is 0.424. The van der Waals surface area contributed by atoms with Crippen molar-refractivity contribution in [2.24, 2.45) is 0 Å². The first-order valence-corrected chi connectivity index (χ1v) is 5.51. The van der Waals surface area contributed by atoms with Crippen LogP contribution in [0.15, 0.2) is 27.5 Å². The molecule has 0 spiro atoms. The highest BCUT2D eigenvalue weighted by atomic mass is 35.5. The molecule has 7 heteroatoms. The third-order valence-corrected chi connectivity index (χ3v) is 2.62. The summed E-state index contributed by atoms with van der Waals surface area (Å²) in [4.78, 5) is 22.7. The number of benzene rings is 1. The summed E-state index contributed by atoms with van der Waals surface area (Å²) in [7, 11) is 0. The fourth-order valence-electron chi connectivity index (χ4n) is 1.59. The van der Waals surface area contributed by atoms with E-state index in [4.69, 9.17) is 16.1 Å². The summed E-state index contributed by atoms with van der Waals surface area (Å²) < 4.78 is 4.93. The van der Waals surface area contributed by atoms with E-state index in [1.54, 1.807) is 25.1 Å². The van der Waals surface area contributed by atoms with E-state index in [-0.39, 0.29) is 17.1 Å². The number of aromatic amines is 1. The Morgan fingerprint density at radius 1 is 1.33 bits per heavy atom. The molecule has 1 aromatic carbocycles. The third-order valence-electron chi connectivity index (χ3n) is 2.39. The van der Waals surface area contributed by atoms with Gasteiger partial charge in [0.1, 0.15) is 0 Å². The standard InChI is InChI=1S/C11H7ClN4O2/c1-5-13-11(18-16-5)9-10(17)15-7-3-2-6(12)4-8(7)14-9/h2-4H,1H3,(H,15,17). The first-order chi connectivity index (χ1) is 8.63. The summed E-state index contributed by atoms with van der Waals surface area (Å²) in [5, 5.41) is 4.16. The van der Waals surface area contributed by atoms with Gasteiger partial charge in [-0.25, -0.2) is 4.98 Å². The molecule has 0 fully saturated rings. The minimum atomic E-state index is -0.381. The van der Waals surface area contributed by atoms with E-state index < -0.39 is 0 Å². The highest BCUT2D eigenvalue weighted by Crippen LogP contribution is 2.17. The first kappa shape index (κ1) is 10.9. The number of H-pyrrole nitrogens is 1. The van der Waals surface area contributed by atoms with Gasteiger partial charge in [0.25, 0.3) is 11.4 Å². The van der Waals surface area contributed by atoms with Crippen molar-refractivity contribution in [3.05, 3.63) is 39.4 Å². The molecule has 0 saturated carbocycles. The van der Waals surface area contributed by atoms with E-state index >= 15 is 0 Å². The van der Waals surface area contributed by atoms with Gasteiger partial charge in [0, 0.05) is 5.02 Å². The number of hydrogen-bond acceptors (Lipinski definition) is 5. The number of fused-ring (bicyclic) bond motifs is 1. The first-order valence-electron chi connectivity index (χ1n) is 5.14. The predicted octanol–water partition coefficient (Wildman–Crippen LogP) is 1.93. The molecule has 18 heavy (non-hydrogen) atoms. The molecule has 3 aromatic rings. The maximum Gasteiger partial charge on any atom is 0.282 e. The molecule has 2 heterocycles. The fourth-order valence-corrected chi connectivity index (χ4v) is 1.76. The molecule has 0 radical (unpaired) electrons. The summed E-state index contributed by atoms with van der Waals surface area (Å²) in [5.41, 5.74) is 0.871. The van der Waals surface area contributed by atoms with Crippen LogP contribution in [0.1, 0.15) is 5.82 Å². The molecular weight excluding hydrogens is 256 g/mol. The second-order valence-electron chi connectivity index (χ2n) is 3.72. The average molecular weight is 263 g/mol. The Labute approximate surface area is 106 Å². The number of hydrogen-bond donors (Lipinski definition) is 1. The molecule has 0 aliphatic heterocycles. The highest BCUT2D eigenvalue weighted by Gasteiger charge is 2.13. The van der Waals surface area contributed by atoms with E-state index in [9.17, 15) is 4.79 Å². The van der Waals surface area contributed by atoms with Crippen molar-refractivity contribution in [1.82, 2.24) is 20.1 Å². The summed E-state index contributed by atoms with van der Waals surface area (Å²) in [6.07, 6.45) is 0. The topological polar surface area (TPSA) is 84.7 Å². The average Bonchev–Trinajstić information content (AvgIpc) is 2.75. The second-order valence-corrected chi connectivity index (χ2v) is 4.16. The van der Waals surface area contributed by atoms with E-state index in [0.29, 0.717) is 21.9 Å². The van der Waals surface area contributed by atoms with Crippen LogP contribution in [-0.2, 0) is 0 Å². The monoisotopic (exact) mass is 262 g/mol. The van der Waals surface area contributed by atoms with Crippen molar-refractivity contribution in [3.8, 4) is 11.6 Å². The molecule has 0 aliphatic carbocycles. The maximum atomic E-state index is 11.8. The Kier molecular flexibility index (Phi) is 2.38. The van der Waals surface area contributed by atoms with Gasteiger partial charge in [-0.1, -0.05) is 16.8 Å². The van der Waals surface area contributed by atoms with Crippen molar-refractivity contribution < 1.29 is 4.52 Å². The van der Waals surface area contributed by atoms with Crippen molar-refractivity contribution in [1.29, 1.82) is 0 Å². The minimum Gasteiger partial charge on any atom is -0.332 e. The van der Waals surface area contributed by atoms with E-state index in [0.717, 1.165) is 0 Å². The van der Waals surface area contributed by atoms with E-state index in [2.05, 4.69) is 20.1 Å². The number of rotatable bonds is 1. The van der Waals surface area contributed by atoms with Crippen molar-refractivity contribution in [3.63, 3.8) is 0 Å². The number of aryl methyl sites for hydroxylation is 1. The molecular formula is C11H7ClN4O2. The normalized spacial score (nSPS) is 11.0. The van der Waals surface area contributed by atoms with Crippen LogP contribution in [0.3, 0.4) is 0 Å². The Hall–Kier alpha value is -2.21. The molecule has 0 aliphatic rings. The molecule has 0 unspecified atom stereocenters. The second kappa shape index (κ2) is 3.92. The van der Waals surface area contributed by atoms with Crippen LogP contribution < -0.4 is 5.56 Å². The Morgan fingerprint density at radius 3 is 2.89 bits per heavy atom. The van der Waals surface area contributed by atoms with Gasteiger partial charge in [0.05, 0.1) is 11.0 Å². The summed E-state index contributed by atoms with van der Waals surface area (Å²) in [6, 6.07) is 5.02. The van der Waals surface area contributed by atoms with Gasteiger partial charge in [0.2, 0.25) is 0 Å². The van der Waals surface area contributed by atoms with Crippen LogP contribution >= 0.6 is 11.6 Å². The molecule has 1 N–H and O–H groups in total. The SMILES string of the molecule is Cc1noc(-c2nc3cc(Cl)ccc3[nH]c2=O)n1. The van der Waals surface area contributed by atoms with Gasteiger partial charge in [-0.05, 0) is 25.1 Å². The fraction of sp³-hybridized carbons (Fsp3) is 0.0909. The third kappa shape index (κ3) is 1.76. The van der Waals surface area contributed by atoms with Crippen molar-refractivity contribution in [2.75, 3.05) is 0 Å². The van der Waals surface area contributed by atoms with Gasteiger partial charge < -0.3 is 9.51 Å². The zero-order valence-electron chi connectivity index (χ0n) is 9.27. The lowest BCUT2D eigenvalue weighted by Crippen LogP contribution is -2.11. The summed E-state index contributed by atoms with van der Waals surface area (Å²) in [5.74, 6) is 0.535. The largest absolute Gasteiger partial charge is 0.332 e. The quantitative estimate of drug-likeness (QED) is 0.724. The number of aromatic nitrogens is 4. The molecule has 3 rings (SSSR count). The number of nitrogens with zero attached hydrogens (tertiary/aromatic N) is 3. The molecule has 0 amide bonds. The molecule has 6 nitrogen and oxygen atoms in total.